The lowest BCUT2D eigenvalue weighted by molar-refractivity contribution is 0.462. The zero-order valence-electron chi connectivity index (χ0n) is 9.71. The number of hydrogen-bond donors (Lipinski definition) is 1. The number of rotatable bonds is 4. The molecule has 0 radical (unpaired) electrons. The van der Waals surface area contributed by atoms with Crippen molar-refractivity contribution in [2.45, 2.75) is 19.5 Å². The summed E-state index contributed by atoms with van der Waals surface area (Å²) >= 11 is 17.6. The Bertz CT molecular complexity index is 539. The minimum atomic E-state index is 0.142. The molecular weight excluding hydrogens is 293 g/mol. The first-order valence-electron chi connectivity index (χ1n) is 5.49. The molecule has 1 unspecified atom stereocenters. The largest absolute Gasteiger partial charge is 0.448 e. The van der Waals surface area contributed by atoms with Crippen molar-refractivity contribution in [3.05, 3.63) is 56.9 Å². The summed E-state index contributed by atoms with van der Waals surface area (Å²) in [6.45, 7) is 2.65. The maximum atomic E-state index is 5.98. The van der Waals surface area contributed by atoms with Gasteiger partial charge in [-0.15, -0.1) is 0 Å². The van der Waals surface area contributed by atoms with Crippen LogP contribution in [0.5, 0.6) is 0 Å². The van der Waals surface area contributed by atoms with Crippen molar-refractivity contribution in [3.63, 3.8) is 0 Å². The van der Waals surface area contributed by atoms with Gasteiger partial charge in [0.1, 0.15) is 5.76 Å². The third kappa shape index (κ3) is 3.42. The first kappa shape index (κ1) is 13.8. The molecule has 0 aliphatic rings. The van der Waals surface area contributed by atoms with Crippen LogP contribution in [0.4, 0.5) is 0 Å². The van der Waals surface area contributed by atoms with E-state index in [2.05, 4.69) is 5.32 Å². The summed E-state index contributed by atoms with van der Waals surface area (Å²) in [6, 6.07) is 9.31. The molecule has 1 aromatic carbocycles. The van der Waals surface area contributed by atoms with Gasteiger partial charge in [-0.1, -0.05) is 29.3 Å². The lowest BCUT2D eigenvalue weighted by atomic mass is 10.1. The number of nitrogens with one attached hydrogen (secondary N) is 1. The molecule has 1 atom stereocenters. The molecule has 0 spiro atoms. The number of furan rings is 1. The Morgan fingerprint density at radius 3 is 2.50 bits per heavy atom. The van der Waals surface area contributed by atoms with Gasteiger partial charge in [0.05, 0.1) is 16.6 Å². The van der Waals surface area contributed by atoms with Crippen LogP contribution < -0.4 is 5.32 Å². The number of benzene rings is 1. The smallest absolute Gasteiger partial charge is 0.193 e. The Labute approximate surface area is 121 Å². The molecule has 0 amide bonds. The zero-order chi connectivity index (χ0) is 13.1. The van der Waals surface area contributed by atoms with Gasteiger partial charge in [-0.05, 0) is 48.4 Å². The van der Waals surface area contributed by atoms with E-state index in [9.17, 15) is 0 Å². The summed E-state index contributed by atoms with van der Waals surface area (Å²) < 4.78 is 5.27. The highest BCUT2D eigenvalue weighted by Gasteiger charge is 2.08. The maximum absolute atomic E-state index is 5.98. The number of hydrogen-bond acceptors (Lipinski definition) is 2. The van der Waals surface area contributed by atoms with Gasteiger partial charge in [-0.25, -0.2) is 0 Å². The molecule has 18 heavy (non-hydrogen) atoms. The Morgan fingerprint density at radius 1 is 1.11 bits per heavy atom. The molecule has 0 saturated carbocycles. The van der Waals surface area contributed by atoms with Crippen LogP contribution in [0.25, 0.3) is 0 Å². The molecule has 1 heterocycles. The van der Waals surface area contributed by atoms with Crippen molar-refractivity contribution in [1.29, 1.82) is 0 Å². The molecule has 1 aromatic heterocycles. The van der Waals surface area contributed by atoms with E-state index in [1.54, 1.807) is 12.1 Å². The van der Waals surface area contributed by atoms with Crippen molar-refractivity contribution in [2.75, 3.05) is 0 Å². The average molecular weight is 305 g/mol. The predicted molar refractivity (Wildman–Crippen MR) is 75.4 cm³/mol. The minimum absolute atomic E-state index is 0.142. The standard InChI is InChI=1S/C13H12Cl3NO/c1-8(9-2-4-11(14)12(15)6-9)17-7-10-3-5-13(16)18-10/h2-6,8,17H,7H2,1H3. The van der Waals surface area contributed by atoms with Gasteiger partial charge in [0.2, 0.25) is 0 Å². The Balaban J connectivity index is 1.99. The molecular formula is C13H12Cl3NO. The Hall–Kier alpha value is -0.670. The fourth-order valence-electron chi connectivity index (χ4n) is 1.60. The lowest BCUT2D eigenvalue weighted by Gasteiger charge is -2.14. The van der Waals surface area contributed by atoms with E-state index >= 15 is 0 Å². The number of halogens is 3. The van der Waals surface area contributed by atoms with Gasteiger partial charge in [-0.2, -0.15) is 0 Å². The summed E-state index contributed by atoms with van der Waals surface area (Å²) in [6.07, 6.45) is 0. The second kappa shape index (κ2) is 5.98. The average Bonchev–Trinajstić information content (AvgIpc) is 2.75. The van der Waals surface area contributed by atoms with Crippen molar-refractivity contribution in [3.8, 4) is 0 Å². The molecule has 0 saturated heterocycles. The van der Waals surface area contributed by atoms with Crippen LogP contribution in [0, 0.1) is 0 Å². The Morgan fingerprint density at radius 2 is 1.89 bits per heavy atom. The molecule has 0 aliphatic heterocycles. The molecule has 0 fully saturated rings. The molecule has 0 bridgehead atoms. The summed E-state index contributed by atoms with van der Waals surface area (Å²) in [4.78, 5) is 0. The fraction of sp³-hybridized carbons (Fsp3) is 0.231. The van der Waals surface area contributed by atoms with Gasteiger partial charge in [0.25, 0.3) is 0 Å². The van der Waals surface area contributed by atoms with E-state index in [0.29, 0.717) is 21.8 Å². The van der Waals surface area contributed by atoms with E-state index < -0.39 is 0 Å². The van der Waals surface area contributed by atoms with Crippen molar-refractivity contribution < 1.29 is 4.42 Å². The molecule has 2 nitrogen and oxygen atoms in total. The van der Waals surface area contributed by atoms with E-state index in [-0.39, 0.29) is 6.04 Å². The Kier molecular flexibility index (Phi) is 4.57. The van der Waals surface area contributed by atoms with E-state index in [4.69, 9.17) is 39.2 Å². The predicted octanol–water partition coefficient (Wildman–Crippen LogP) is 5.09. The molecule has 2 rings (SSSR count). The summed E-state index contributed by atoms with van der Waals surface area (Å²) in [7, 11) is 0. The van der Waals surface area contributed by atoms with Crippen molar-refractivity contribution in [1.82, 2.24) is 5.32 Å². The highest BCUT2D eigenvalue weighted by atomic mass is 35.5. The third-order valence-electron chi connectivity index (χ3n) is 2.65. The van der Waals surface area contributed by atoms with Gasteiger partial charge < -0.3 is 9.73 Å². The van der Waals surface area contributed by atoms with Crippen LogP contribution in [-0.4, -0.2) is 0 Å². The van der Waals surface area contributed by atoms with Crippen LogP contribution in [0.2, 0.25) is 15.3 Å². The van der Waals surface area contributed by atoms with Gasteiger partial charge in [0, 0.05) is 6.04 Å². The second-order valence-electron chi connectivity index (χ2n) is 3.98. The lowest BCUT2D eigenvalue weighted by Crippen LogP contribution is -2.17. The summed E-state index contributed by atoms with van der Waals surface area (Å²) in [5, 5.41) is 4.84. The van der Waals surface area contributed by atoms with Crippen LogP contribution in [-0.2, 0) is 6.54 Å². The molecule has 2 aromatic rings. The van der Waals surface area contributed by atoms with Crippen molar-refractivity contribution >= 4 is 34.8 Å². The highest BCUT2D eigenvalue weighted by molar-refractivity contribution is 6.42. The van der Waals surface area contributed by atoms with Crippen LogP contribution >= 0.6 is 34.8 Å². The second-order valence-corrected chi connectivity index (χ2v) is 5.17. The van der Waals surface area contributed by atoms with E-state index in [0.717, 1.165) is 11.3 Å². The van der Waals surface area contributed by atoms with Gasteiger partial charge in [-0.3, -0.25) is 0 Å². The maximum Gasteiger partial charge on any atom is 0.193 e. The van der Waals surface area contributed by atoms with Crippen LogP contribution in [0.15, 0.2) is 34.7 Å². The molecule has 5 heteroatoms. The summed E-state index contributed by atoms with van der Waals surface area (Å²) in [5.74, 6) is 0.798. The summed E-state index contributed by atoms with van der Waals surface area (Å²) in [5.41, 5.74) is 1.07. The third-order valence-corrected chi connectivity index (χ3v) is 3.60. The monoisotopic (exact) mass is 303 g/mol. The first-order chi connectivity index (χ1) is 8.56. The highest BCUT2D eigenvalue weighted by Crippen LogP contribution is 2.25. The van der Waals surface area contributed by atoms with E-state index in [1.165, 1.54) is 0 Å². The molecule has 0 aliphatic carbocycles. The van der Waals surface area contributed by atoms with Crippen molar-refractivity contribution in [2.24, 2.45) is 0 Å². The first-order valence-corrected chi connectivity index (χ1v) is 6.62. The fourth-order valence-corrected chi connectivity index (χ4v) is 2.07. The van der Waals surface area contributed by atoms with E-state index in [1.807, 2.05) is 25.1 Å². The normalized spacial score (nSPS) is 12.7. The SMILES string of the molecule is CC(NCc1ccc(Cl)o1)c1ccc(Cl)c(Cl)c1. The topological polar surface area (TPSA) is 25.2 Å². The van der Waals surface area contributed by atoms with Gasteiger partial charge in [0.15, 0.2) is 5.22 Å². The zero-order valence-corrected chi connectivity index (χ0v) is 12.0. The molecule has 1 N–H and O–H groups in total. The van der Waals surface area contributed by atoms with Crippen LogP contribution in [0.3, 0.4) is 0 Å². The quantitative estimate of drug-likeness (QED) is 0.851. The van der Waals surface area contributed by atoms with Crippen LogP contribution in [0.1, 0.15) is 24.3 Å². The minimum Gasteiger partial charge on any atom is -0.448 e. The molecule has 96 valence electrons. The van der Waals surface area contributed by atoms with Gasteiger partial charge >= 0.3 is 0 Å².